The number of aromatic hydroxyl groups is 1. The second kappa shape index (κ2) is 5.65. The molecular formula is C26H18O3. The molecule has 2 aliphatic heterocycles. The number of hydrogen-bond donors (Lipinski definition) is 1. The number of para-hydroxylation sites is 2. The lowest BCUT2D eigenvalue weighted by molar-refractivity contribution is 0.395. The van der Waals surface area contributed by atoms with Gasteiger partial charge in [0, 0.05) is 28.3 Å². The summed E-state index contributed by atoms with van der Waals surface area (Å²) in [7, 11) is 0. The molecule has 4 aromatic carbocycles. The third-order valence-electron chi connectivity index (χ3n) is 5.93. The Labute approximate surface area is 168 Å². The lowest BCUT2D eigenvalue weighted by Gasteiger charge is -2.44. The van der Waals surface area contributed by atoms with E-state index in [1.807, 2.05) is 42.5 Å². The largest absolute Gasteiger partial charge is 0.508 e. The van der Waals surface area contributed by atoms with E-state index < -0.39 is 5.41 Å². The summed E-state index contributed by atoms with van der Waals surface area (Å²) in [5.74, 6) is 3.31. The highest BCUT2D eigenvalue weighted by atomic mass is 16.5. The first-order chi connectivity index (χ1) is 14.2. The standard InChI is InChI=1S/C26H18O3/c1-16-10-12-20-24(14-16)29-25-15-17(27)11-13-21(25)26(20)18-6-2-4-8-22(18)28-23-9-5-3-7-19(23)26/h2-15,27H,1H3. The normalized spacial score (nSPS) is 14.7. The van der Waals surface area contributed by atoms with E-state index in [0.717, 1.165) is 45.1 Å². The van der Waals surface area contributed by atoms with Crippen molar-refractivity contribution in [3.05, 3.63) is 113 Å². The van der Waals surface area contributed by atoms with Gasteiger partial charge in [0.2, 0.25) is 0 Å². The molecule has 2 heterocycles. The molecule has 0 radical (unpaired) electrons. The molecule has 0 aliphatic carbocycles. The Morgan fingerprint density at radius 2 is 1.10 bits per heavy atom. The Morgan fingerprint density at radius 1 is 0.586 bits per heavy atom. The molecule has 0 fully saturated rings. The van der Waals surface area contributed by atoms with Crippen LogP contribution in [0, 0.1) is 6.92 Å². The Bertz CT molecular complexity index is 1190. The lowest BCUT2D eigenvalue weighted by Crippen LogP contribution is -2.36. The summed E-state index contributed by atoms with van der Waals surface area (Å²) in [6.07, 6.45) is 0. The number of phenols is 1. The number of fused-ring (bicyclic) bond motifs is 8. The SMILES string of the molecule is Cc1ccc2c(c1)Oc1cc(O)ccc1C21c2ccccc2Oc2ccccc21. The van der Waals surface area contributed by atoms with Crippen LogP contribution in [0.25, 0.3) is 0 Å². The first-order valence-electron chi connectivity index (χ1n) is 9.67. The molecule has 0 saturated carbocycles. The fourth-order valence-electron chi connectivity index (χ4n) is 4.77. The number of rotatable bonds is 0. The predicted molar refractivity (Wildman–Crippen MR) is 111 cm³/mol. The zero-order valence-electron chi connectivity index (χ0n) is 15.8. The number of ether oxygens (including phenoxy) is 2. The topological polar surface area (TPSA) is 38.7 Å². The zero-order chi connectivity index (χ0) is 19.6. The molecule has 2 aliphatic rings. The summed E-state index contributed by atoms with van der Waals surface area (Å²) in [5.41, 5.74) is 4.74. The third kappa shape index (κ3) is 2.07. The van der Waals surface area contributed by atoms with E-state index in [9.17, 15) is 5.11 Å². The summed E-state index contributed by atoms with van der Waals surface area (Å²) >= 11 is 0. The van der Waals surface area contributed by atoms with Gasteiger partial charge in [-0.25, -0.2) is 0 Å². The Hall–Kier alpha value is -3.72. The second-order valence-electron chi connectivity index (χ2n) is 7.63. The van der Waals surface area contributed by atoms with Crippen LogP contribution in [0.1, 0.15) is 27.8 Å². The zero-order valence-corrected chi connectivity index (χ0v) is 15.8. The van der Waals surface area contributed by atoms with Crippen molar-refractivity contribution in [2.45, 2.75) is 12.3 Å². The van der Waals surface area contributed by atoms with E-state index in [1.165, 1.54) is 0 Å². The summed E-state index contributed by atoms with van der Waals surface area (Å²) in [6, 6.07) is 28.1. The summed E-state index contributed by atoms with van der Waals surface area (Å²) in [5, 5.41) is 10.2. The maximum Gasteiger partial charge on any atom is 0.135 e. The highest BCUT2D eigenvalue weighted by Crippen LogP contribution is 2.61. The molecule has 0 amide bonds. The van der Waals surface area contributed by atoms with Crippen LogP contribution in [-0.4, -0.2) is 5.11 Å². The third-order valence-corrected chi connectivity index (χ3v) is 5.93. The highest BCUT2D eigenvalue weighted by molar-refractivity contribution is 5.75. The van der Waals surface area contributed by atoms with Crippen LogP contribution in [0.3, 0.4) is 0 Å². The van der Waals surface area contributed by atoms with Gasteiger partial charge in [0.15, 0.2) is 0 Å². The van der Waals surface area contributed by atoms with Crippen molar-refractivity contribution < 1.29 is 14.6 Å². The molecule has 29 heavy (non-hydrogen) atoms. The van der Waals surface area contributed by atoms with Gasteiger partial charge in [-0.15, -0.1) is 0 Å². The lowest BCUT2D eigenvalue weighted by atomic mass is 9.62. The molecule has 4 aromatic rings. The molecular weight excluding hydrogens is 360 g/mol. The van der Waals surface area contributed by atoms with E-state index >= 15 is 0 Å². The Balaban J connectivity index is 1.84. The van der Waals surface area contributed by atoms with Crippen LogP contribution in [0.4, 0.5) is 0 Å². The maximum atomic E-state index is 10.2. The second-order valence-corrected chi connectivity index (χ2v) is 7.63. The summed E-state index contributed by atoms with van der Waals surface area (Å²) < 4.78 is 12.6. The molecule has 0 aromatic heterocycles. The molecule has 140 valence electrons. The molecule has 0 unspecified atom stereocenters. The predicted octanol–water partition coefficient (Wildman–Crippen LogP) is 6.29. The van der Waals surface area contributed by atoms with E-state index in [4.69, 9.17) is 9.47 Å². The average molecular weight is 378 g/mol. The van der Waals surface area contributed by atoms with Crippen molar-refractivity contribution in [3.63, 3.8) is 0 Å². The van der Waals surface area contributed by atoms with Crippen molar-refractivity contribution in [2.75, 3.05) is 0 Å². The van der Waals surface area contributed by atoms with Crippen molar-refractivity contribution in [2.24, 2.45) is 0 Å². The van der Waals surface area contributed by atoms with Gasteiger partial charge in [-0.1, -0.05) is 54.6 Å². The number of phenolic OH excluding ortho intramolecular Hbond substituents is 1. The van der Waals surface area contributed by atoms with Gasteiger partial charge in [0.05, 0.1) is 5.41 Å². The highest BCUT2D eigenvalue weighted by Gasteiger charge is 2.50. The van der Waals surface area contributed by atoms with Crippen molar-refractivity contribution in [1.82, 2.24) is 0 Å². The number of aryl methyl sites for hydroxylation is 1. The fraction of sp³-hybridized carbons (Fsp3) is 0.0769. The summed E-state index contributed by atoms with van der Waals surface area (Å²) in [4.78, 5) is 0. The van der Waals surface area contributed by atoms with Crippen molar-refractivity contribution in [1.29, 1.82) is 0 Å². The van der Waals surface area contributed by atoms with Crippen LogP contribution >= 0.6 is 0 Å². The molecule has 3 heteroatoms. The molecule has 0 atom stereocenters. The van der Waals surface area contributed by atoms with E-state index in [1.54, 1.807) is 12.1 Å². The van der Waals surface area contributed by atoms with Crippen LogP contribution < -0.4 is 9.47 Å². The van der Waals surface area contributed by atoms with Gasteiger partial charge >= 0.3 is 0 Å². The first-order valence-corrected chi connectivity index (χ1v) is 9.67. The van der Waals surface area contributed by atoms with Gasteiger partial charge in [0.25, 0.3) is 0 Å². The Morgan fingerprint density at radius 3 is 1.79 bits per heavy atom. The van der Waals surface area contributed by atoms with Crippen LogP contribution in [0.2, 0.25) is 0 Å². The van der Waals surface area contributed by atoms with Crippen LogP contribution in [0.15, 0.2) is 84.9 Å². The monoisotopic (exact) mass is 378 g/mol. The van der Waals surface area contributed by atoms with Crippen molar-refractivity contribution in [3.8, 4) is 28.7 Å². The average Bonchev–Trinajstić information content (AvgIpc) is 2.73. The minimum atomic E-state index is -0.588. The quantitative estimate of drug-likeness (QED) is 0.337. The maximum absolute atomic E-state index is 10.2. The fourth-order valence-corrected chi connectivity index (χ4v) is 4.77. The minimum Gasteiger partial charge on any atom is -0.508 e. The molecule has 1 N–H and O–H groups in total. The smallest absolute Gasteiger partial charge is 0.135 e. The molecule has 1 spiro atoms. The number of hydrogen-bond acceptors (Lipinski definition) is 3. The van der Waals surface area contributed by atoms with Gasteiger partial charge in [-0.05, 0) is 36.8 Å². The first kappa shape index (κ1) is 16.3. The Kier molecular flexibility index (Phi) is 3.16. The minimum absolute atomic E-state index is 0.184. The molecule has 6 rings (SSSR count). The van der Waals surface area contributed by atoms with Gasteiger partial charge in [-0.2, -0.15) is 0 Å². The van der Waals surface area contributed by atoms with Gasteiger partial charge in [0.1, 0.15) is 28.7 Å². The molecule has 3 nitrogen and oxygen atoms in total. The van der Waals surface area contributed by atoms with E-state index in [2.05, 4.69) is 37.3 Å². The molecule has 0 saturated heterocycles. The van der Waals surface area contributed by atoms with E-state index in [0.29, 0.717) is 5.75 Å². The number of benzene rings is 4. The van der Waals surface area contributed by atoms with E-state index in [-0.39, 0.29) is 5.75 Å². The van der Waals surface area contributed by atoms with Crippen LogP contribution in [-0.2, 0) is 5.41 Å². The van der Waals surface area contributed by atoms with Crippen molar-refractivity contribution >= 4 is 0 Å². The van der Waals surface area contributed by atoms with Crippen LogP contribution in [0.5, 0.6) is 28.7 Å². The van der Waals surface area contributed by atoms with Gasteiger partial charge < -0.3 is 14.6 Å². The van der Waals surface area contributed by atoms with Gasteiger partial charge in [-0.3, -0.25) is 0 Å². The molecule has 0 bridgehead atoms. The summed E-state index contributed by atoms with van der Waals surface area (Å²) in [6.45, 7) is 2.06.